The molecule has 0 aliphatic carbocycles. The van der Waals surface area contributed by atoms with Crippen molar-refractivity contribution in [2.24, 2.45) is 5.92 Å². The Bertz CT molecular complexity index is 703. The molecule has 1 saturated heterocycles. The topological polar surface area (TPSA) is 63.6 Å². The molecule has 0 radical (unpaired) electrons. The second-order valence-corrected chi connectivity index (χ2v) is 6.99. The molecule has 0 saturated carbocycles. The summed E-state index contributed by atoms with van der Waals surface area (Å²) in [6.45, 7) is 2.28. The number of methoxy groups -OCH3 is 1. The molecule has 1 N–H and O–H groups in total. The van der Waals surface area contributed by atoms with Crippen LogP contribution in [0.15, 0.2) is 36.0 Å². The zero-order valence-corrected chi connectivity index (χ0v) is 15.1. The lowest BCUT2D eigenvalue weighted by Crippen LogP contribution is -2.43. The highest BCUT2D eigenvalue weighted by Crippen LogP contribution is 2.26. The van der Waals surface area contributed by atoms with Crippen molar-refractivity contribution in [2.75, 3.05) is 33.4 Å². The molecule has 0 aromatic carbocycles. The molecule has 134 valence electrons. The summed E-state index contributed by atoms with van der Waals surface area (Å²) in [5.41, 5.74) is 0.916. The van der Waals surface area contributed by atoms with Gasteiger partial charge in [0.1, 0.15) is 4.88 Å². The molecule has 1 fully saturated rings. The molecule has 0 atom stereocenters. The molecule has 0 unspecified atom stereocenters. The Labute approximate surface area is 151 Å². The van der Waals surface area contributed by atoms with Crippen LogP contribution in [-0.2, 0) is 9.53 Å². The zero-order valence-electron chi connectivity index (χ0n) is 14.3. The third-order valence-electron chi connectivity index (χ3n) is 4.48. The van der Waals surface area contributed by atoms with Crippen LogP contribution in [0.25, 0.3) is 5.69 Å². The lowest BCUT2D eigenvalue weighted by Gasteiger charge is -2.31. The van der Waals surface area contributed by atoms with Crippen molar-refractivity contribution < 1.29 is 14.3 Å². The third kappa shape index (κ3) is 4.11. The Morgan fingerprint density at radius 2 is 2.00 bits per heavy atom. The quantitative estimate of drug-likeness (QED) is 0.802. The van der Waals surface area contributed by atoms with Gasteiger partial charge in [-0.15, -0.1) is 11.3 Å². The fraction of sp³-hybridized carbons (Fsp3) is 0.444. The first-order valence-electron chi connectivity index (χ1n) is 8.47. The van der Waals surface area contributed by atoms with E-state index >= 15 is 0 Å². The summed E-state index contributed by atoms with van der Waals surface area (Å²) in [6.07, 6.45) is 5.29. The van der Waals surface area contributed by atoms with Crippen LogP contribution in [0, 0.1) is 5.92 Å². The molecule has 3 heterocycles. The molecule has 0 spiro atoms. The number of likely N-dealkylation sites (tertiary alicyclic amines) is 1. The number of ether oxygens (including phenoxy) is 1. The van der Waals surface area contributed by atoms with Gasteiger partial charge >= 0.3 is 0 Å². The maximum Gasteiger partial charge on any atom is 0.266 e. The molecular formula is C18H23N3O3S. The van der Waals surface area contributed by atoms with Crippen molar-refractivity contribution in [3.8, 4) is 5.69 Å². The molecule has 7 heteroatoms. The highest BCUT2D eigenvalue weighted by Gasteiger charge is 2.29. The van der Waals surface area contributed by atoms with Gasteiger partial charge in [-0.3, -0.25) is 9.59 Å². The Kier molecular flexibility index (Phi) is 5.88. The van der Waals surface area contributed by atoms with Gasteiger partial charge in [0.2, 0.25) is 5.91 Å². The molecule has 2 aromatic rings. The van der Waals surface area contributed by atoms with Crippen molar-refractivity contribution in [3.63, 3.8) is 0 Å². The van der Waals surface area contributed by atoms with E-state index in [1.807, 2.05) is 45.4 Å². The predicted octanol–water partition coefficient (Wildman–Crippen LogP) is 2.15. The summed E-state index contributed by atoms with van der Waals surface area (Å²) in [4.78, 5) is 27.6. The van der Waals surface area contributed by atoms with Crippen molar-refractivity contribution in [2.45, 2.75) is 12.8 Å². The number of amides is 2. The minimum atomic E-state index is -0.0202. The summed E-state index contributed by atoms with van der Waals surface area (Å²) in [7, 11) is 1.61. The summed E-state index contributed by atoms with van der Waals surface area (Å²) >= 11 is 1.47. The Balaban J connectivity index is 1.58. The summed E-state index contributed by atoms with van der Waals surface area (Å²) < 4.78 is 6.90. The van der Waals surface area contributed by atoms with E-state index in [-0.39, 0.29) is 17.7 Å². The van der Waals surface area contributed by atoms with Crippen molar-refractivity contribution >= 4 is 23.2 Å². The van der Waals surface area contributed by atoms with Crippen LogP contribution in [0.1, 0.15) is 22.5 Å². The van der Waals surface area contributed by atoms with E-state index in [9.17, 15) is 9.59 Å². The Morgan fingerprint density at radius 3 is 2.68 bits per heavy atom. The van der Waals surface area contributed by atoms with E-state index in [2.05, 4.69) is 5.32 Å². The average Bonchev–Trinajstić information content (AvgIpc) is 3.32. The number of aromatic nitrogens is 1. The van der Waals surface area contributed by atoms with Gasteiger partial charge in [-0.25, -0.2) is 0 Å². The zero-order chi connectivity index (χ0) is 17.6. The van der Waals surface area contributed by atoms with Crippen LogP contribution in [0.2, 0.25) is 0 Å². The number of thiophene rings is 1. The Hall–Kier alpha value is -2.12. The lowest BCUT2D eigenvalue weighted by atomic mass is 9.95. The van der Waals surface area contributed by atoms with E-state index < -0.39 is 0 Å². The van der Waals surface area contributed by atoms with Crippen molar-refractivity contribution in [1.29, 1.82) is 0 Å². The number of carbonyl (C=O) groups is 2. The van der Waals surface area contributed by atoms with Crippen LogP contribution in [0.3, 0.4) is 0 Å². The molecule has 1 aliphatic heterocycles. The summed E-state index contributed by atoms with van der Waals surface area (Å²) in [5, 5.41) is 4.83. The number of rotatable bonds is 6. The highest BCUT2D eigenvalue weighted by atomic mass is 32.1. The third-order valence-corrected chi connectivity index (χ3v) is 5.37. The second-order valence-electron chi connectivity index (χ2n) is 6.08. The lowest BCUT2D eigenvalue weighted by molar-refractivity contribution is -0.126. The van der Waals surface area contributed by atoms with E-state index in [1.54, 1.807) is 7.11 Å². The molecule has 6 nitrogen and oxygen atoms in total. The molecular weight excluding hydrogens is 338 g/mol. The molecule has 0 bridgehead atoms. The van der Waals surface area contributed by atoms with Crippen molar-refractivity contribution in [3.05, 3.63) is 40.8 Å². The average molecular weight is 361 g/mol. The smallest absolute Gasteiger partial charge is 0.266 e. The normalized spacial score (nSPS) is 15.3. The molecule has 1 aliphatic rings. The van der Waals surface area contributed by atoms with Gasteiger partial charge in [-0.05, 0) is 36.4 Å². The fourth-order valence-corrected chi connectivity index (χ4v) is 3.93. The monoisotopic (exact) mass is 361 g/mol. The molecule has 3 rings (SSSR count). The van der Waals surface area contributed by atoms with E-state index in [0.29, 0.717) is 39.1 Å². The SMILES string of the molecule is COCCNC(=O)C1CCN(C(=O)c2sccc2-n2cccc2)CC1. The first-order valence-corrected chi connectivity index (χ1v) is 9.35. The van der Waals surface area contributed by atoms with Crippen LogP contribution in [0.4, 0.5) is 0 Å². The number of hydrogen-bond acceptors (Lipinski definition) is 4. The first kappa shape index (κ1) is 17.7. The number of carbonyl (C=O) groups excluding carboxylic acids is 2. The highest BCUT2D eigenvalue weighted by molar-refractivity contribution is 7.12. The maximum absolute atomic E-state index is 12.9. The van der Waals surface area contributed by atoms with Gasteiger partial charge in [0.05, 0.1) is 12.3 Å². The maximum atomic E-state index is 12.9. The Morgan fingerprint density at radius 1 is 1.28 bits per heavy atom. The fourth-order valence-electron chi connectivity index (χ4n) is 3.07. The van der Waals surface area contributed by atoms with E-state index in [0.717, 1.165) is 10.6 Å². The van der Waals surface area contributed by atoms with E-state index in [4.69, 9.17) is 4.74 Å². The van der Waals surface area contributed by atoms with Gasteiger partial charge in [-0.2, -0.15) is 0 Å². The number of nitrogens with zero attached hydrogens (tertiary/aromatic N) is 2. The van der Waals surface area contributed by atoms with Gasteiger partial charge in [0.15, 0.2) is 0 Å². The minimum Gasteiger partial charge on any atom is -0.383 e. The largest absolute Gasteiger partial charge is 0.383 e. The van der Waals surface area contributed by atoms with Crippen LogP contribution in [0.5, 0.6) is 0 Å². The number of nitrogens with one attached hydrogen (secondary N) is 1. The van der Waals surface area contributed by atoms with Gasteiger partial charge in [-0.1, -0.05) is 0 Å². The van der Waals surface area contributed by atoms with Crippen LogP contribution < -0.4 is 5.32 Å². The summed E-state index contributed by atoms with van der Waals surface area (Å²) in [5.74, 6) is 0.0957. The van der Waals surface area contributed by atoms with Crippen LogP contribution >= 0.6 is 11.3 Å². The second kappa shape index (κ2) is 8.31. The number of piperidine rings is 1. The predicted molar refractivity (Wildman–Crippen MR) is 97.2 cm³/mol. The first-order chi connectivity index (χ1) is 12.2. The minimum absolute atomic E-state index is 0.0202. The molecule has 25 heavy (non-hydrogen) atoms. The number of hydrogen-bond donors (Lipinski definition) is 1. The van der Waals surface area contributed by atoms with Gasteiger partial charge in [0, 0.05) is 45.1 Å². The standard InChI is InChI=1S/C18H23N3O3S/c1-24-12-7-19-17(22)14-4-10-21(11-5-14)18(23)16-15(6-13-25-16)20-8-2-3-9-20/h2-3,6,8-9,13-14H,4-5,7,10-12H2,1H3,(H,19,22). The van der Waals surface area contributed by atoms with Gasteiger partial charge < -0.3 is 19.5 Å². The van der Waals surface area contributed by atoms with Crippen LogP contribution in [-0.4, -0.2) is 54.6 Å². The molecule has 2 aromatic heterocycles. The van der Waals surface area contributed by atoms with E-state index in [1.165, 1.54) is 11.3 Å². The van der Waals surface area contributed by atoms with Crippen molar-refractivity contribution in [1.82, 2.24) is 14.8 Å². The summed E-state index contributed by atoms with van der Waals surface area (Å²) in [6, 6.07) is 5.85. The molecule has 2 amide bonds. The van der Waals surface area contributed by atoms with Gasteiger partial charge in [0.25, 0.3) is 5.91 Å².